The van der Waals surface area contributed by atoms with Crippen molar-refractivity contribution in [1.82, 2.24) is 4.98 Å². The van der Waals surface area contributed by atoms with Crippen molar-refractivity contribution in [3.05, 3.63) is 39.8 Å². The van der Waals surface area contributed by atoms with Crippen molar-refractivity contribution in [2.75, 3.05) is 18.1 Å². The average Bonchev–Trinajstić information content (AvgIpc) is 2.90. The number of aryl methyl sites for hydroxylation is 2. The fourth-order valence-electron chi connectivity index (χ4n) is 2.51. The van der Waals surface area contributed by atoms with Crippen LogP contribution in [0.3, 0.4) is 0 Å². The number of carbonyl (C=O) groups is 1. The van der Waals surface area contributed by atoms with Crippen LogP contribution in [0, 0.1) is 13.8 Å². The molecule has 0 spiro atoms. The van der Waals surface area contributed by atoms with Crippen LogP contribution in [0.25, 0.3) is 0 Å². The number of fused-ring (bicyclic) bond motifs is 1. The van der Waals surface area contributed by atoms with Crippen LogP contribution in [0.15, 0.2) is 23.0 Å². The Morgan fingerprint density at radius 3 is 3.05 bits per heavy atom. The van der Waals surface area contributed by atoms with Gasteiger partial charge in [-0.3, -0.25) is 4.79 Å². The average molecular weight is 288 g/mol. The molecule has 1 aliphatic heterocycles. The third-order valence-electron chi connectivity index (χ3n) is 3.37. The number of hydrogen-bond donors (Lipinski definition) is 0. The van der Waals surface area contributed by atoms with E-state index >= 15 is 0 Å². The van der Waals surface area contributed by atoms with Crippen molar-refractivity contribution >= 4 is 22.9 Å². The number of carbonyl (C=O) groups excluding carboxylic acids is 1. The van der Waals surface area contributed by atoms with Crippen molar-refractivity contribution in [3.63, 3.8) is 0 Å². The van der Waals surface area contributed by atoms with E-state index in [1.54, 1.807) is 5.51 Å². The third kappa shape index (κ3) is 2.41. The predicted octanol–water partition coefficient (Wildman–Crippen LogP) is 2.73. The summed E-state index contributed by atoms with van der Waals surface area (Å²) >= 11 is 1.51. The number of anilines is 1. The van der Waals surface area contributed by atoms with Crippen molar-refractivity contribution < 1.29 is 9.53 Å². The quantitative estimate of drug-likeness (QED) is 0.853. The molecule has 0 fully saturated rings. The Balaban J connectivity index is 1.91. The van der Waals surface area contributed by atoms with Gasteiger partial charge in [-0.15, -0.1) is 11.3 Å². The summed E-state index contributed by atoms with van der Waals surface area (Å²) in [6.07, 6.45) is 0.343. The van der Waals surface area contributed by atoms with E-state index in [1.807, 2.05) is 30.2 Å². The smallest absolute Gasteiger partial charge is 0.233 e. The Bertz CT molecular complexity index is 638. The lowest BCUT2D eigenvalue weighted by Crippen LogP contribution is -2.39. The zero-order valence-electron chi connectivity index (χ0n) is 11.5. The van der Waals surface area contributed by atoms with Gasteiger partial charge in [0.25, 0.3) is 0 Å². The van der Waals surface area contributed by atoms with Gasteiger partial charge in [-0.25, -0.2) is 4.98 Å². The molecule has 1 amide bonds. The second kappa shape index (κ2) is 5.25. The highest BCUT2D eigenvalue weighted by Gasteiger charge is 2.25. The number of aromatic nitrogens is 1. The van der Waals surface area contributed by atoms with Crippen LogP contribution in [0.4, 0.5) is 5.69 Å². The Morgan fingerprint density at radius 1 is 1.45 bits per heavy atom. The molecule has 0 radical (unpaired) electrons. The SMILES string of the molecule is Cc1cc(C)c2c(c1)N(C(=O)Cc1cscn1)CCO2. The first-order valence-electron chi connectivity index (χ1n) is 6.56. The molecule has 4 nitrogen and oxygen atoms in total. The molecular weight excluding hydrogens is 272 g/mol. The summed E-state index contributed by atoms with van der Waals surface area (Å²) in [6, 6.07) is 4.09. The normalized spacial score (nSPS) is 13.8. The minimum Gasteiger partial charge on any atom is -0.489 e. The van der Waals surface area contributed by atoms with E-state index < -0.39 is 0 Å². The molecule has 20 heavy (non-hydrogen) atoms. The molecule has 0 aliphatic carbocycles. The maximum absolute atomic E-state index is 12.5. The van der Waals surface area contributed by atoms with Gasteiger partial charge in [0.2, 0.25) is 5.91 Å². The highest BCUT2D eigenvalue weighted by atomic mass is 32.1. The van der Waals surface area contributed by atoms with Crippen LogP contribution >= 0.6 is 11.3 Å². The highest BCUT2D eigenvalue weighted by molar-refractivity contribution is 7.07. The van der Waals surface area contributed by atoms with E-state index in [4.69, 9.17) is 4.74 Å². The maximum Gasteiger partial charge on any atom is 0.233 e. The van der Waals surface area contributed by atoms with Gasteiger partial charge in [0.15, 0.2) is 0 Å². The molecule has 5 heteroatoms. The Hall–Kier alpha value is -1.88. The second-order valence-electron chi connectivity index (χ2n) is 4.98. The third-order valence-corrected chi connectivity index (χ3v) is 4.00. The Labute approximate surface area is 122 Å². The number of benzene rings is 1. The van der Waals surface area contributed by atoms with Gasteiger partial charge in [0.05, 0.1) is 29.9 Å². The van der Waals surface area contributed by atoms with Crippen LogP contribution in [0.1, 0.15) is 16.8 Å². The van der Waals surface area contributed by atoms with Crippen LogP contribution in [-0.2, 0) is 11.2 Å². The lowest BCUT2D eigenvalue weighted by atomic mass is 10.1. The molecule has 0 N–H and O–H groups in total. The zero-order chi connectivity index (χ0) is 14.1. The monoisotopic (exact) mass is 288 g/mol. The number of hydrogen-bond acceptors (Lipinski definition) is 4. The predicted molar refractivity (Wildman–Crippen MR) is 79.6 cm³/mol. The fourth-order valence-corrected chi connectivity index (χ4v) is 3.07. The van der Waals surface area contributed by atoms with E-state index in [2.05, 4.69) is 11.1 Å². The van der Waals surface area contributed by atoms with Gasteiger partial charge in [-0.05, 0) is 31.0 Å². The van der Waals surface area contributed by atoms with Gasteiger partial charge in [0.1, 0.15) is 12.4 Å². The van der Waals surface area contributed by atoms with Crippen LogP contribution in [0.5, 0.6) is 5.75 Å². The van der Waals surface area contributed by atoms with E-state index in [0.29, 0.717) is 19.6 Å². The summed E-state index contributed by atoms with van der Waals surface area (Å²) in [5, 5.41) is 1.92. The first-order chi connectivity index (χ1) is 9.65. The summed E-state index contributed by atoms with van der Waals surface area (Å²) in [5.74, 6) is 0.902. The lowest BCUT2D eigenvalue weighted by molar-refractivity contribution is -0.118. The van der Waals surface area contributed by atoms with Crippen molar-refractivity contribution in [2.45, 2.75) is 20.3 Å². The second-order valence-corrected chi connectivity index (χ2v) is 5.70. The minimum atomic E-state index is 0.0745. The number of nitrogens with zero attached hydrogens (tertiary/aromatic N) is 2. The van der Waals surface area contributed by atoms with E-state index in [-0.39, 0.29) is 5.91 Å². The van der Waals surface area contributed by atoms with E-state index in [1.165, 1.54) is 11.3 Å². The summed E-state index contributed by atoms with van der Waals surface area (Å²) < 4.78 is 5.72. The molecule has 1 aromatic heterocycles. The summed E-state index contributed by atoms with van der Waals surface area (Å²) in [4.78, 5) is 18.5. The standard InChI is InChI=1S/C15H16N2O2S/c1-10-5-11(2)15-13(6-10)17(3-4-19-15)14(18)7-12-8-20-9-16-12/h5-6,8-9H,3-4,7H2,1-2H3. The van der Waals surface area contributed by atoms with Crippen molar-refractivity contribution in [3.8, 4) is 5.75 Å². The van der Waals surface area contributed by atoms with E-state index in [9.17, 15) is 4.79 Å². The number of thiazole rings is 1. The molecule has 2 heterocycles. The molecule has 0 atom stereocenters. The molecule has 2 aromatic rings. The summed E-state index contributed by atoms with van der Waals surface area (Å²) in [6.45, 7) is 5.18. The highest BCUT2D eigenvalue weighted by Crippen LogP contribution is 2.36. The Kier molecular flexibility index (Phi) is 3.44. The topological polar surface area (TPSA) is 42.4 Å². The first-order valence-corrected chi connectivity index (χ1v) is 7.51. The zero-order valence-corrected chi connectivity index (χ0v) is 12.4. The molecule has 104 valence electrons. The minimum absolute atomic E-state index is 0.0745. The molecule has 3 rings (SSSR count). The van der Waals surface area contributed by atoms with Gasteiger partial charge >= 0.3 is 0 Å². The molecule has 1 aromatic carbocycles. The van der Waals surface area contributed by atoms with Gasteiger partial charge in [-0.2, -0.15) is 0 Å². The Morgan fingerprint density at radius 2 is 2.30 bits per heavy atom. The van der Waals surface area contributed by atoms with Crippen LogP contribution in [-0.4, -0.2) is 24.0 Å². The number of ether oxygens (including phenoxy) is 1. The molecule has 0 saturated heterocycles. The van der Waals surface area contributed by atoms with Gasteiger partial charge < -0.3 is 9.64 Å². The lowest BCUT2D eigenvalue weighted by Gasteiger charge is -2.31. The number of rotatable bonds is 2. The molecule has 0 bridgehead atoms. The fraction of sp³-hybridized carbons (Fsp3) is 0.333. The molecule has 0 unspecified atom stereocenters. The molecule has 0 saturated carbocycles. The largest absolute Gasteiger partial charge is 0.489 e. The summed E-state index contributed by atoms with van der Waals surface area (Å²) in [5.41, 5.74) is 5.68. The maximum atomic E-state index is 12.5. The summed E-state index contributed by atoms with van der Waals surface area (Å²) in [7, 11) is 0. The first kappa shape index (κ1) is 13.1. The van der Waals surface area contributed by atoms with Gasteiger partial charge in [0, 0.05) is 5.38 Å². The van der Waals surface area contributed by atoms with E-state index in [0.717, 1.165) is 28.3 Å². The van der Waals surface area contributed by atoms with Crippen molar-refractivity contribution in [2.24, 2.45) is 0 Å². The van der Waals surface area contributed by atoms with Gasteiger partial charge in [-0.1, -0.05) is 6.07 Å². The van der Waals surface area contributed by atoms with Crippen LogP contribution < -0.4 is 9.64 Å². The number of amides is 1. The molecule has 1 aliphatic rings. The van der Waals surface area contributed by atoms with Crippen molar-refractivity contribution in [1.29, 1.82) is 0 Å². The van der Waals surface area contributed by atoms with Crippen LogP contribution in [0.2, 0.25) is 0 Å². The molecular formula is C15H16N2O2S.